The molecule has 5 heteroatoms. The van der Waals surface area contributed by atoms with Gasteiger partial charge >= 0.3 is 5.97 Å². The molecule has 5 rings (SSSR count). The molecule has 0 fully saturated rings. The zero-order chi connectivity index (χ0) is 23.3. The molecule has 5 nitrogen and oxygen atoms in total. The van der Waals surface area contributed by atoms with Crippen molar-refractivity contribution in [2.24, 2.45) is 0 Å². The zero-order valence-corrected chi connectivity index (χ0v) is 18.2. The van der Waals surface area contributed by atoms with Crippen LogP contribution < -0.4 is 0 Å². The van der Waals surface area contributed by atoms with E-state index in [0.717, 1.165) is 22.5 Å². The summed E-state index contributed by atoms with van der Waals surface area (Å²) in [5, 5.41) is 0. The van der Waals surface area contributed by atoms with Gasteiger partial charge in [-0.3, -0.25) is 4.79 Å². The highest BCUT2D eigenvalue weighted by atomic mass is 16.5. The van der Waals surface area contributed by atoms with Gasteiger partial charge in [0.25, 0.3) is 0 Å². The molecule has 0 aliphatic rings. The van der Waals surface area contributed by atoms with Gasteiger partial charge < -0.3 is 4.74 Å². The number of esters is 1. The highest BCUT2D eigenvalue weighted by molar-refractivity contribution is 6.00. The fraction of sp³-hybridized carbons (Fsp3) is 0.0345. The molecule has 0 unspecified atom stereocenters. The lowest BCUT2D eigenvalue weighted by Crippen LogP contribution is -2.14. The van der Waals surface area contributed by atoms with Crippen LogP contribution >= 0.6 is 0 Å². The van der Waals surface area contributed by atoms with Gasteiger partial charge in [-0.05, 0) is 18.2 Å². The largest absolute Gasteiger partial charge is 0.454 e. The Morgan fingerprint density at radius 2 is 1.12 bits per heavy atom. The summed E-state index contributed by atoms with van der Waals surface area (Å²) >= 11 is 0. The van der Waals surface area contributed by atoms with Crippen LogP contribution in [0, 0.1) is 0 Å². The van der Waals surface area contributed by atoms with Gasteiger partial charge in [-0.15, -0.1) is 0 Å². The van der Waals surface area contributed by atoms with Crippen LogP contribution in [0.15, 0.2) is 109 Å². The van der Waals surface area contributed by atoms with Crippen LogP contribution in [0.5, 0.6) is 0 Å². The van der Waals surface area contributed by atoms with Crippen LogP contribution in [-0.4, -0.2) is 28.3 Å². The Kier molecular flexibility index (Phi) is 5.91. The summed E-state index contributed by atoms with van der Waals surface area (Å²) in [7, 11) is 0. The maximum atomic E-state index is 12.6. The van der Waals surface area contributed by atoms with Crippen molar-refractivity contribution in [2.75, 3.05) is 6.61 Å². The first-order valence-electron chi connectivity index (χ1n) is 10.9. The minimum Gasteiger partial charge on any atom is -0.454 e. The molecule has 5 aromatic rings. The van der Waals surface area contributed by atoms with Crippen LogP contribution in [0.2, 0.25) is 0 Å². The molecule has 0 saturated carbocycles. The number of nitrogens with zero attached hydrogens (tertiary/aromatic N) is 2. The number of hydrogen-bond acceptors (Lipinski definition) is 5. The molecule has 0 spiro atoms. The summed E-state index contributed by atoms with van der Waals surface area (Å²) in [6.45, 7) is -0.325. The predicted molar refractivity (Wildman–Crippen MR) is 131 cm³/mol. The van der Waals surface area contributed by atoms with Gasteiger partial charge in [0.1, 0.15) is 0 Å². The van der Waals surface area contributed by atoms with Gasteiger partial charge in [-0.2, -0.15) is 0 Å². The minimum absolute atomic E-state index is 0.256. The van der Waals surface area contributed by atoms with E-state index in [0.29, 0.717) is 22.2 Å². The summed E-state index contributed by atoms with van der Waals surface area (Å²) < 4.78 is 5.26. The van der Waals surface area contributed by atoms with Crippen LogP contribution in [-0.2, 0) is 4.74 Å². The van der Waals surface area contributed by atoms with Crippen molar-refractivity contribution < 1.29 is 14.3 Å². The normalized spacial score (nSPS) is 10.7. The van der Waals surface area contributed by atoms with Gasteiger partial charge in [0.2, 0.25) is 0 Å². The van der Waals surface area contributed by atoms with Crippen molar-refractivity contribution >= 4 is 22.8 Å². The van der Waals surface area contributed by atoms with Crippen molar-refractivity contribution in [3.8, 4) is 22.5 Å². The lowest BCUT2D eigenvalue weighted by Gasteiger charge is -2.11. The summed E-state index contributed by atoms with van der Waals surface area (Å²) in [5.74, 6) is -0.838. The molecule has 0 N–H and O–H groups in total. The molecule has 164 valence electrons. The topological polar surface area (TPSA) is 69.2 Å². The minimum atomic E-state index is -0.582. The Labute approximate surface area is 196 Å². The number of aromatic nitrogens is 2. The third kappa shape index (κ3) is 4.45. The fourth-order valence-electron chi connectivity index (χ4n) is 3.70. The van der Waals surface area contributed by atoms with Crippen molar-refractivity contribution in [2.45, 2.75) is 0 Å². The van der Waals surface area contributed by atoms with E-state index in [1.54, 1.807) is 42.5 Å². The van der Waals surface area contributed by atoms with Gasteiger partial charge in [0.05, 0.1) is 28.0 Å². The monoisotopic (exact) mass is 444 g/mol. The number of carbonyl (C=O) groups excluding carboxylic acids is 2. The van der Waals surface area contributed by atoms with Crippen molar-refractivity contribution in [3.05, 3.63) is 120 Å². The molecule has 1 aromatic heterocycles. The third-order valence-corrected chi connectivity index (χ3v) is 5.42. The Balaban J connectivity index is 1.48. The molecule has 0 aliphatic heterocycles. The van der Waals surface area contributed by atoms with Crippen molar-refractivity contribution in [3.63, 3.8) is 0 Å². The summed E-state index contributed by atoms with van der Waals surface area (Å²) in [5.41, 5.74) is 5.43. The summed E-state index contributed by atoms with van der Waals surface area (Å²) in [6, 6.07) is 33.5. The van der Waals surface area contributed by atoms with Gasteiger partial charge in [-0.1, -0.05) is 91.0 Å². The van der Waals surface area contributed by atoms with E-state index in [9.17, 15) is 9.59 Å². The first-order chi connectivity index (χ1) is 16.7. The maximum absolute atomic E-state index is 12.6. The first-order valence-corrected chi connectivity index (χ1v) is 10.9. The number of ether oxygens (including phenoxy) is 1. The average molecular weight is 444 g/mol. The van der Waals surface area contributed by atoms with Crippen molar-refractivity contribution in [1.82, 2.24) is 9.97 Å². The van der Waals surface area contributed by atoms with Crippen LogP contribution in [0.25, 0.3) is 33.5 Å². The smallest absolute Gasteiger partial charge is 0.338 e. The maximum Gasteiger partial charge on any atom is 0.338 e. The number of fused-ring (bicyclic) bond motifs is 1. The molecule has 4 aromatic carbocycles. The predicted octanol–water partition coefficient (Wildman–Crippen LogP) is 6.00. The lowest BCUT2D eigenvalue weighted by molar-refractivity contribution is 0.0475. The molecule has 0 amide bonds. The van der Waals surface area contributed by atoms with E-state index in [-0.39, 0.29) is 12.4 Å². The Morgan fingerprint density at radius 3 is 1.71 bits per heavy atom. The Hall–Kier alpha value is -4.64. The fourth-order valence-corrected chi connectivity index (χ4v) is 3.70. The molecule has 34 heavy (non-hydrogen) atoms. The second-order valence-corrected chi connectivity index (χ2v) is 7.72. The average Bonchev–Trinajstić information content (AvgIpc) is 2.92. The molecule has 0 radical (unpaired) electrons. The van der Waals surface area contributed by atoms with Crippen LogP contribution in [0.3, 0.4) is 0 Å². The quantitative estimate of drug-likeness (QED) is 0.237. The molecule has 0 aliphatic carbocycles. The van der Waals surface area contributed by atoms with Crippen LogP contribution in [0.1, 0.15) is 20.7 Å². The molecular formula is C29H20N2O3. The van der Waals surface area contributed by atoms with E-state index >= 15 is 0 Å². The third-order valence-electron chi connectivity index (χ3n) is 5.42. The van der Waals surface area contributed by atoms with Crippen molar-refractivity contribution in [1.29, 1.82) is 0 Å². The van der Waals surface area contributed by atoms with E-state index in [2.05, 4.69) is 0 Å². The zero-order valence-electron chi connectivity index (χ0n) is 18.2. The second kappa shape index (κ2) is 9.46. The molecular weight excluding hydrogens is 424 g/mol. The van der Waals surface area contributed by atoms with E-state index in [4.69, 9.17) is 14.7 Å². The van der Waals surface area contributed by atoms with Gasteiger partial charge in [0.15, 0.2) is 12.4 Å². The number of benzene rings is 4. The number of Topliss-reactive ketones (excluding diaryl/α,β-unsaturated/α-hetero) is 1. The Morgan fingerprint density at radius 1 is 0.588 bits per heavy atom. The van der Waals surface area contributed by atoms with Crippen LogP contribution in [0.4, 0.5) is 0 Å². The number of rotatable bonds is 6. The first kappa shape index (κ1) is 21.2. The SMILES string of the molecule is O=C(COC(=O)c1ccc2nc(-c3ccccc3)c(-c3ccccc3)nc2c1)c1ccccc1. The van der Waals surface area contributed by atoms with E-state index in [1.165, 1.54) is 0 Å². The Bertz CT molecular complexity index is 1470. The molecule has 1 heterocycles. The molecule has 0 atom stereocenters. The van der Waals surface area contributed by atoms with Gasteiger partial charge in [0, 0.05) is 16.7 Å². The lowest BCUT2D eigenvalue weighted by atomic mass is 10.0. The highest BCUT2D eigenvalue weighted by Crippen LogP contribution is 2.31. The number of ketones is 1. The molecule has 0 bridgehead atoms. The highest BCUT2D eigenvalue weighted by Gasteiger charge is 2.16. The summed E-state index contributed by atoms with van der Waals surface area (Å²) in [4.78, 5) is 34.6. The van der Waals surface area contributed by atoms with E-state index in [1.807, 2.05) is 66.7 Å². The second-order valence-electron chi connectivity index (χ2n) is 7.72. The summed E-state index contributed by atoms with van der Waals surface area (Å²) in [6.07, 6.45) is 0. The number of carbonyl (C=O) groups is 2. The van der Waals surface area contributed by atoms with Gasteiger partial charge in [-0.25, -0.2) is 14.8 Å². The standard InChI is InChI=1S/C29H20N2O3/c32-26(20-10-4-1-5-11-20)19-34-29(33)23-16-17-24-25(18-23)31-28(22-14-8-3-9-15-22)27(30-24)21-12-6-2-7-13-21/h1-18H,19H2. The number of hydrogen-bond donors (Lipinski definition) is 0. The molecule has 0 saturated heterocycles. The van der Waals surface area contributed by atoms with E-state index < -0.39 is 5.97 Å².